The lowest BCUT2D eigenvalue weighted by atomic mass is 9.88. The average Bonchev–Trinajstić information content (AvgIpc) is 2.42. The van der Waals surface area contributed by atoms with Crippen molar-refractivity contribution in [3.63, 3.8) is 0 Å². The van der Waals surface area contributed by atoms with Crippen LogP contribution in [0.15, 0.2) is 29.0 Å². The van der Waals surface area contributed by atoms with E-state index < -0.39 is 0 Å². The van der Waals surface area contributed by atoms with Crippen molar-refractivity contribution in [2.75, 3.05) is 18.5 Å². The normalized spacial score (nSPS) is 11.8. The van der Waals surface area contributed by atoms with Crippen LogP contribution < -0.4 is 5.32 Å². The molecule has 2 rings (SSSR count). The number of nitrogens with one attached hydrogen (secondary N) is 1. The summed E-state index contributed by atoms with van der Waals surface area (Å²) in [5.74, 6) is 0. The first-order valence-corrected chi connectivity index (χ1v) is 7.56. The maximum absolute atomic E-state index is 8.94. The van der Waals surface area contributed by atoms with Gasteiger partial charge >= 0.3 is 0 Å². The number of anilines is 1. The molecular formula is C15H20BrN3O. The van der Waals surface area contributed by atoms with Crippen LogP contribution in [0.4, 0.5) is 5.69 Å². The number of hydrogen-bond acceptors (Lipinski definition) is 4. The highest BCUT2D eigenvalue weighted by Crippen LogP contribution is 2.26. The molecule has 0 unspecified atom stereocenters. The number of fused-ring (bicyclic) bond motifs is 1. The van der Waals surface area contributed by atoms with Gasteiger partial charge in [-0.25, -0.2) is 0 Å². The second-order valence-corrected chi connectivity index (χ2v) is 6.64. The second-order valence-electron chi connectivity index (χ2n) is 5.72. The smallest absolute Gasteiger partial charge is 0.112 e. The fourth-order valence-electron chi connectivity index (χ4n) is 2.13. The zero-order valence-corrected chi connectivity index (χ0v) is 13.4. The van der Waals surface area contributed by atoms with E-state index in [-0.39, 0.29) is 12.0 Å². The summed E-state index contributed by atoms with van der Waals surface area (Å²) in [7, 11) is 0. The van der Waals surface area contributed by atoms with E-state index >= 15 is 0 Å². The van der Waals surface area contributed by atoms with Gasteiger partial charge in [-0.05, 0) is 46.3 Å². The molecule has 0 aliphatic heterocycles. The molecule has 0 saturated heterocycles. The van der Waals surface area contributed by atoms with Gasteiger partial charge in [0.05, 0.1) is 11.2 Å². The third-order valence-electron chi connectivity index (χ3n) is 3.31. The van der Waals surface area contributed by atoms with Gasteiger partial charge in [0.25, 0.3) is 0 Å². The zero-order valence-electron chi connectivity index (χ0n) is 11.9. The third-order valence-corrected chi connectivity index (χ3v) is 3.75. The number of aliphatic hydroxyl groups excluding tert-OH is 1. The fourth-order valence-corrected chi connectivity index (χ4v) is 2.45. The van der Waals surface area contributed by atoms with Crippen molar-refractivity contribution >= 4 is 32.7 Å². The topological polar surface area (TPSA) is 58.0 Å². The number of hydrogen-bond donors (Lipinski definition) is 2. The number of nitrogens with zero attached hydrogens (tertiary/aromatic N) is 2. The van der Waals surface area contributed by atoms with Crippen molar-refractivity contribution in [3.05, 3.63) is 29.0 Å². The van der Waals surface area contributed by atoms with Gasteiger partial charge in [0.2, 0.25) is 0 Å². The van der Waals surface area contributed by atoms with E-state index in [4.69, 9.17) is 5.11 Å². The van der Waals surface area contributed by atoms with Gasteiger partial charge in [-0.3, -0.25) is 9.97 Å². The van der Waals surface area contributed by atoms with Crippen LogP contribution in [0.3, 0.4) is 0 Å². The van der Waals surface area contributed by atoms with Gasteiger partial charge in [0.1, 0.15) is 5.52 Å². The van der Waals surface area contributed by atoms with Crippen LogP contribution in [0.25, 0.3) is 11.0 Å². The lowest BCUT2D eigenvalue weighted by Gasteiger charge is -2.25. The minimum Gasteiger partial charge on any atom is -0.396 e. The van der Waals surface area contributed by atoms with Crippen LogP contribution in [0, 0.1) is 5.41 Å². The molecule has 4 nitrogen and oxygen atoms in total. The molecule has 2 heterocycles. The Morgan fingerprint density at radius 1 is 1.35 bits per heavy atom. The van der Waals surface area contributed by atoms with E-state index in [2.05, 4.69) is 45.1 Å². The summed E-state index contributed by atoms with van der Waals surface area (Å²) < 4.78 is 0.929. The molecule has 5 heteroatoms. The number of rotatable bonds is 6. The summed E-state index contributed by atoms with van der Waals surface area (Å²) in [4.78, 5) is 8.76. The average molecular weight is 338 g/mol. The number of pyridine rings is 2. The molecule has 0 atom stereocenters. The second kappa shape index (κ2) is 6.50. The predicted molar refractivity (Wildman–Crippen MR) is 85.8 cm³/mol. The molecule has 0 aliphatic carbocycles. The van der Waals surface area contributed by atoms with Gasteiger partial charge in [0, 0.05) is 30.0 Å². The first-order chi connectivity index (χ1) is 9.52. The quantitative estimate of drug-likeness (QED) is 0.845. The van der Waals surface area contributed by atoms with E-state index in [0.29, 0.717) is 0 Å². The predicted octanol–water partition coefficient (Wildman–Crippen LogP) is 3.60. The molecule has 0 spiro atoms. The van der Waals surface area contributed by atoms with Crippen LogP contribution >= 0.6 is 15.9 Å². The Kier molecular flexibility index (Phi) is 4.94. The Labute approximate surface area is 127 Å². The molecular weight excluding hydrogens is 318 g/mol. The molecule has 0 bridgehead atoms. The molecule has 0 radical (unpaired) electrons. The minimum atomic E-state index is 0.133. The van der Waals surface area contributed by atoms with Gasteiger partial charge < -0.3 is 10.4 Å². The lowest BCUT2D eigenvalue weighted by molar-refractivity contribution is 0.248. The summed E-state index contributed by atoms with van der Waals surface area (Å²) in [5, 5.41) is 12.4. The van der Waals surface area contributed by atoms with Gasteiger partial charge in [0.15, 0.2) is 0 Å². The molecule has 2 N–H and O–H groups in total. The standard InChI is InChI=1S/C15H20BrN3O/c1-15(2,5-3-7-20)10-19-12-4-6-17-13-8-11(16)9-18-14(12)13/h4,6,8-9,20H,3,5,7,10H2,1-2H3,(H,17,19). The van der Waals surface area contributed by atoms with E-state index in [0.717, 1.165) is 40.6 Å². The Balaban J connectivity index is 2.14. The summed E-state index contributed by atoms with van der Waals surface area (Å²) in [6.45, 7) is 5.48. The third kappa shape index (κ3) is 3.90. The van der Waals surface area contributed by atoms with Gasteiger partial charge in [-0.2, -0.15) is 0 Å². The zero-order chi connectivity index (χ0) is 14.6. The molecule has 0 saturated carbocycles. The molecule has 0 aliphatic rings. The molecule has 20 heavy (non-hydrogen) atoms. The van der Waals surface area contributed by atoms with Crippen LogP contribution in [0.1, 0.15) is 26.7 Å². The maximum Gasteiger partial charge on any atom is 0.112 e. The molecule has 0 aromatic carbocycles. The van der Waals surface area contributed by atoms with E-state index in [1.807, 2.05) is 12.1 Å². The number of aliphatic hydroxyl groups is 1. The highest BCUT2D eigenvalue weighted by Gasteiger charge is 2.17. The molecule has 108 valence electrons. The Bertz CT molecular complexity index is 586. The van der Waals surface area contributed by atoms with Crippen molar-refractivity contribution in [1.29, 1.82) is 0 Å². The maximum atomic E-state index is 8.94. The Morgan fingerprint density at radius 2 is 2.15 bits per heavy atom. The van der Waals surface area contributed by atoms with E-state index in [1.54, 1.807) is 12.4 Å². The van der Waals surface area contributed by atoms with Crippen LogP contribution in [0.2, 0.25) is 0 Å². The molecule has 2 aromatic rings. The van der Waals surface area contributed by atoms with E-state index in [1.165, 1.54) is 0 Å². The van der Waals surface area contributed by atoms with Crippen molar-refractivity contribution < 1.29 is 5.11 Å². The van der Waals surface area contributed by atoms with Crippen LogP contribution in [-0.2, 0) is 0 Å². The van der Waals surface area contributed by atoms with Crippen LogP contribution in [0.5, 0.6) is 0 Å². The summed E-state index contributed by atoms with van der Waals surface area (Å²) in [6, 6.07) is 3.91. The lowest BCUT2D eigenvalue weighted by Crippen LogP contribution is -2.23. The monoisotopic (exact) mass is 337 g/mol. The number of halogens is 1. The molecule has 0 amide bonds. The largest absolute Gasteiger partial charge is 0.396 e. The first-order valence-electron chi connectivity index (χ1n) is 6.77. The molecule has 0 fully saturated rings. The summed E-state index contributed by atoms with van der Waals surface area (Å²) >= 11 is 3.41. The van der Waals surface area contributed by atoms with Gasteiger partial charge in [-0.15, -0.1) is 0 Å². The first kappa shape index (κ1) is 15.2. The Hall–Kier alpha value is -1.20. The van der Waals surface area contributed by atoms with Crippen LogP contribution in [-0.4, -0.2) is 28.2 Å². The Morgan fingerprint density at radius 3 is 2.90 bits per heavy atom. The summed E-state index contributed by atoms with van der Waals surface area (Å²) in [5.41, 5.74) is 2.89. The fraction of sp³-hybridized carbons (Fsp3) is 0.467. The highest BCUT2D eigenvalue weighted by atomic mass is 79.9. The minimum absolute atomic E-state index is 0.133. The van der Waals surface area contributed by atoms with E-state index in [9.17, 15) is 0 Å². The van der Waals surface area contributed by atoms with Crippen molar-refractivity contribution in [3.8, 4) is 0 Å². The van der Waals surface area contributed by atoms with Crippen molar-refractivity contribution in [1.82, 2.24) is 9.97 Å². The summed E-state index contributed by atoms with van der Waals surface area (Å²) in [6.07, 6.45) is 5.39. The SMILES string of the molecule is CC(C)(CCCO)CNc1ccnc2cc(Br)cnc12. The van der Waals surface area contributed by atoms with Crippen molar-refractivity contribution in [2.24, 2.45) is 5.41 Å². The van der Waals surface area contributed by atoms with Crippen molar-refractivity contribution in [2.45, 2.75) is 26.7 Å². The molecule has 2 aromatic heterocycles. The highest BCUT2D eigenvalue weighted by molar-refractivity contribution is 9.10. The van der Waals surface area contributed by atoms with Gasteiger partial charge in [-0.1, -0.05) is 13.8 Å². The number of aromatic nitrogens is 2.